The molecule has 0 aliphatic heterocycles. The Hall–Kier alpha value is -2.25. The molecule has 0 aromatic heterocycles. The Bertz CT molecular complexity index is 835. The summed E-state index contributed by atoms with van der Waals surface area (Å²) < 4.78 is 31.3. The van der Waals surface area contributed by atoms with Crippen LogP contribution in [0.3, 0.4) is 0 Å². The van der Waals surface area contributed by atoms with Crippen LogP contribution in [0.2, 0.25) is 5.02 Å². The Morgan fingerprint density at radius 3 is 2.30 bits per heavy atom. The molecule has 0 bridgehead atoms. The SMILES string of the molecule is COc1ccc(S(=O)(=O)N(C)c2ccc(Cl)c(C(N)=O)c2)cc1. The quantitative estimate of drug-likeness (QED) is 0.891. The van der Waals surface area contributed by atoms with E-state index < -0.39 is 15.9 Å². The Balaban J connectivity index is 2.43. The number of halogens is 1. The van der Waals surface area contributed by atoms with Crippen molar-refractivity contribution in [3.8, 4) is 5.75 Å². The van der Waals surface area contributed by atoms with Crippen molar-refractivity contribution in [1.82, 2.24) is 0 Å². The summed E-state index contributed by atoms with van der Waals surface area (Å²) in [7, 11) is -0.912. The third-order valence-corrected chi connectivity index (χ3v) is 5.43. The second-order valence-electron chi connectivity index (χ2n) is 4.68. The van der Waals surface area contributed by atoms with Crippen molar-refractivity contribution in [3.05, 3.63) is 53.1 Å². The Kier molecular flexibility index (Phi) is 4.82. The lowest BCUT2D eigenvalue weighted by Gasteiger charge is -2.20. The summed E-state index contributed by atoms with van der Waals surface area (Å²) >= 11 is 5.88. The Labute approximate surface area is 139 Å². The first-order valence-electron chi connectivity index (χ1n) is 6.49. The largest absolute Gasteiger partial charge is 0.497 e. The van der Waals surface area contributed by atoms with Gasteiger partial charge in [-0.2, -0.15) is 0 Å². The molecule has 0 atom stereocenters. The van der Waals surface area contributed by atoms with Crippen molar-refractivity contribution < 1.29 is 17.9 Å². The molecule has 23 heavy (non-hydrogen) atoms. The number of carbonyl (C=O) groups excluding carboxylic acids is 1. The van der Waals surface area contributed by atoms with E-state index >= 15 is 0 Å². The zero-order valence-electron chi connectivity index (χ0n) is 12.5. The topological polar surface area (TPSA) is 89.7 Å². The molecule has 0 unspecified atom stereocenters. The average Bonchev–Trinajstić information content (AvgIpc) is 2.54. The number of hydrogen-bond donors (Lipinski definition) is 1. The highest BCUT2D eigenvalue weighted by atomic mass is 35.5. The van der Waals surface area contributed by atoms with E-state index in [1.165, 1.54) is 44.5 Å². The minimum atomic E-state index is -3.79. The van der Waals surface area contributed by atoms with Crippen molar-refractivity contribution in [3.63, 3.8) is 0 Å². The number of nitrogens with zero attached hydrogens (tertiary/aromatic N) is 1. The first kappa shape index (κ1) is 17.1. The molecule has 0 aliphatic carbocycles. The maximum atomic E-state index is 12.6. The van der Waals surface area contributed by atoms with Crippen LogP contribution >= 0.6 is 11.6 Å². The second kappa shape index (κ2) is 6.47. The van der Waals surface area contributed by atoms with E-state index in [2.05, 4.69) is 0 Å². The molecule has 8 heteroatoms. The molecule has 2 aromatic rings. The van der Waals surface area contributed by atoms with Gasteiger partial charge in [0.25, 0.3) is 10.0 Å². The van der Waals surface area contributed by atoms with Gasteiger partial charge in [0.2, 0.25) is 5.91 Å². The molecule has 6 nitrogen and oxygen atoms in total. The molecule has 0 saturated carbocycles. The average molecular weight is 355 g/mol. The number of hydrogen-bond acceptors (Lipinski definition) is 4. The van der Waals surface area contributed by atoms with Crippen LogP contribution in [0.4, 0.5) is 5.69 Å². The predicted molar refractivity (Wildman–Crippen MR) is 88.6 cm³/mol. The number of anilines is 1. The van der Waals surface area contributed by atoms with Gasteiger partial charge in [-0.1, -0.05) is 11.6 Å². The van der Waals surface area contributed by atoms with E-state index in [-0.39, 0.29) is 21.2 Å². The van der Waals surface area contributed by atoms with Crippen molar-refractivity contribution in [2.24, 2.45) is 5.73 Å². The maximum Gasteiger partial charge on any atom is 0.264 e. The monoisotopic (exact) mass is 354 g/mol. The molecular formula is C15H15ClN2O4S. The Morgan fingerprint density at radius 1 is 1.17 bits per heavy atom. The predicted octanol–water partition coefficient (Wildman–Crippen LogP) is 2.27. The van der Waals surface area contributed by atoms with Gasteiger partial charge in [-0.25, -0.2) is 8.42 Å². The summed E-state index contributed by atoms with van der Waals surface area (Å²) in [5, 5.41) is 0.163. The smallest absolute Gasteiger partial charge is 0.264 e. The molecule has 0 fully saturated rings. The molecule has 2 N–H and O–H groups in total. The fraction of sp³-hybridized carbons (Fsp3) is 0.133. The van der Waals surface area contributed by atoms with E-state index in [1.807, 2.05) is 0 Å². The van der Waals surface area contributed by atoms with E-state index in [1.54, 1.807) is 12.1 Å². The maximum absolute atomic E-state index is 12.6. The van der Waals surface area contributed by atoms with Crippen LogP contribution in [0, 0.1) is 0 Å². The van der Waals surface area contributed by atoms with Gasteiger partial charge in [0.1, 0.15) is 5.75 Å². The summed E-state index contributed by atoms with van der Waals surface area (Å²) in [6.45, 7) is 0. The molecule has 1 amide bonds. The third-order valence-electron chi connectivity index (χ3n) is 3.30. The van der Waals surface area contributed by atoms with Gasteiger partial charge in [-0.3, -0.25) is 9.10 Å². The summed E-state index contributed by atoms with van der Waals surface area (Å²) in [6, 6.07) is 10.2. The van der Waals surface area contributed by atoms with Gasteiger partial charge in [0, 0.05) is 7.05 Å². The number of sulfonamides is 1. The molecule has 2 aromatic carbocycles. The summed E-state index contributed by atoms with van der Waals surface area (Å²) in [5.41, 5.74) is 5.56. The molecule has 0 saturated heterocycles. The van der Waals surface area contributed by atoms with Gasteiger partial charge in [0.15, 0.2) is 0 Å². The highest BCUT2D eigenvalue weighted by molar-refractivity contribution is 7.92. The molecule has 0 heterocycles. The molecule has 0 spiro atoms. The van der Waals surface area contributed by atoms with E-state index in [4.69, 9.17) is 22.1 Å². The fourth-order valence-electron chi connectivity index (χ4n) is 1.94. The van der Waals surface area contributed by atoms with Crippen molar-refractivity contribution in [2.75, 3.05) is 18.5 Å². The summed E-state index contributed by atoms with van der Waals surface area (Å²) in [4.78, 5) is 11.4. The lowest BCUT2D eigenvalue weighted by molar-refractivity contribution is 0.100. The van der Waals surface area contributed by atoms with Gasteiger partial charge >= 0.3 is 0 Å². The Morgan fingerprint density at radius 2 is 1.78 bits per heavy atom. The lowest BCUT2D eigenvalue weighted by Crippen LogP contribution is -2.27. The minimum Gasteiger partial charge on any atom is -0.497 e. The van der Waals surface area contributed by atoms with Gasteiger partial charge < -0.3 is 10.5 Å². The summed E-state index contributed by atoms with van der Waals surface area (Å²) in [6.07, 6.45) is 0. The van der Waals surface area contributed by atoms with E-state index in [0.29, 0.717) is 5.75 Å². The molecule has 0 radical (unpaired) electrons. The van der Waals surface area contributed by atoms with E-state index in [9.17, 15) is 13.2 Å². The number of rotatable bonds is 5. The van der Waals surface area contributed by atoms with Crippen molar-refractivity contribution >= 4 is 33.2 Å². The van der Waals surface area contributed by atoms with E-state index in [0.717, 1.165) is 4.31 Å². The first-order valence-corrected chi connectivity index (χ1v) is 8.31. The van der Waals surface area contributed by atoms with Crippen LogP contribution in [0.15, 0.2) is 47.4 Å². The minimum absolute atomic E-state index is 0.0564. The van der Waals surface area contributed by atoms with Gasteiger partial charge in [0.05, 0.1) is 28.3 Å². The van der Waals surface area contributed by atoms with Crippen molar-refractivity contribution in [2.45, 2.75) is 4.90 Å². The highest BCUT2D eigenvalue weighted by Gasteiger charge is 2.22. The number of benzene rings is 2. The number of ether oxygens (including phenoxy) is 1. The standard InChI is InChI=1S/C15H15ClN2O4S/c1-18(10-3-8-14(16)13(9-10)15(17)19)23(20,21)12-6-4-11(22-2)5-7-12/h3-9H,1-2H3,(H2,17,19). The molecule has 2 rings (SSSR count). The van der Waals surface area contributed by atoms with Crippen LogP contribution in [0.25, 0.3) is 0 Å². The molecule has 0 aliphatic rings. The second-order valence-corrected chi connectivity index (χ2v) is 7.05. The number of carbonyl (C=O) groups is 1. The fourth-order valence-corrected chi connectivity index (χ4v) is 3.34. The molecule has 122 valence electrons. The summed E-state index contributed by atoms with van der Waals surface area (Å²) in [5.74, 6) is -0.179. The zero-order valence-corrected chi connectivity index (χ0v) is 14.1. The van der Waals surface area contributed by atoms with Crippen molar-refractivity contribution in [1.29, 1.82) is 0 Å². The number of amides is 1. The van der Waals surface area contributed by atoms with Crippen LogP contribution in [0.1, 0.15) is 10.4 Å². The van der Waals surface area contributed by atoms with Crippen LogP contribution < -0.4 is 14.8 Å². The number of nitrogens with two attached hydrogens (primary N) is 1. The van der Waals surface area contributed by atoms with Crippen LogP contribution in [-0.4, -0.2) is 28.5 Å². The first-order chi connectivity index (χ1) is 10.8. The zero-order chi connectivity index (χ0) is 17.2. The third kappa shape index (κ3) is 3.40. The van der Waals surface area contributed by atoms with Gasteiger partial charge in [-0.05, 0) is 42.5 Å². The van der Waals surface area contributed by atoms with Crippen LogP contribution in [-0.2, 0) is 10.0 Å². The van der Waals surface area contributed by atoms with Crippen LogP contribution in [0.5, 0.6) is 5.75 Å². The lowest BCUT2D eigenvalue weighted by atomic mass is 10.2. The normalized spacial score (nSPS) is 11.1. The highest BCUT2D eigenvalue weighted by Crippen LogP contribution is 2.27. The van der Waals surface area contributed by atoms with Gasteiger partial charge in [-0.15, -0.1) is 0 Å². The number of primary amides is 1. The number of methoxy groups -OCH3 is 1. The molecular weight excluding hydrogens is 340 g/mol.